The molecule has 0 aliphatic carbocycles. The average molecular weight is 360 g/mol. The van der Waals surface area contributed by atoms with Gasteiger partial charge in [0.25, 0.3) is 0 Å². The molecule has 0 radical (unpaired) electrons. The van der Waals surface area contributed by atoms with Gasteiger partial charge in [-0.2, -0.15) is 0 Å². The average Bonchev–Trinajstić information content (AvgIpc) is 2.67. The Balaban J connectivity index is 2.00. The third kappa shape index (κ3) is 4.52. The van der Waals surface area contributed by atoms with Crippen LogP contribution in [0.25, 0.3) is 0 Å². The van der Waals surface area contributed by atoms with E-state index in [1.807, 2.05) is 26.8 Å². The molecule has 144 valence electrons. The van der Waals surface area contributed by atoms with Crippen molar-refractivity contribution in [3.05, 3.63) is 35.9 Å². The van der Waals surface area contributed by atoms with Crippen LogP contribution >= 0.6 is 0 Å². The third-order valence-electron chi connectivity index (χ3n) is 5.33. The van der Waals surface area contributed by atoms with E-state index in [9.17, 15) is 4.79 Å². The first-order valence-electron chi connectivity index (χ1n) is 9.71. The van der Waals surface area contributed by atoms with Gasteiger partial charge in [-0.3, -0.25) is 14.6 Å². The fourth-order valence-electron chi connectivity index (χ4n) is 3.91. The van der Waals surface area contributed by atoms with Gasteiger partial charge in [0.2, 0.25) is 0 Å². The zero-order valence-electron chi connectivity index (χ0n) is 16.3. The summed E-state index contributed by atoms with van der Waals surface area (Å²) in [7, 11) is 0. The van der Waals surface area contributed by atoms with Gasteiger partial charge in [0.05, 0.1) is 38.5 Å². The Morgan fingerprint density at radius 2 is 1.38 bits per heavy atom. The Morgan fingerprint density at radius 1 is 0.885 bits per heavy atom. The van der Waals surface area contributed by atoms with E-state index >= 15 is 0 Å². The predicted octanol–water partition coefficient (Wildman–Crippen LogP) is 2.38. The first-order chi connectivity index (χ1) is 12.5. The molecule has 1 aromatic carbocycles. The number of ketones is 1. The molecular formula is C21H32N2O3. The molecule has 2 saturated heterocycles. The number of carbonyl (C=O) groups is 1. The molecule has 0 amide bonds. The van der Waals surface area contributed by atoms with Crippen molar-refractivity contribution in [1.29, 1.82) is 0 Å². The van der Waals surface area contributed by atoms with Gasteiger partial charge < -0.3 is 9.47 Å². The van der Waals surface area contributed by atoms with Crippen LogP contribution in [0.1, 0.15) is 32.4 Å². The maximum absolute atomic E-state index is 13.6. The van der Waals surface area contributed by atoms with Crippen molar-refractivity contribution < 1.29 is 14.3 Å². The molecule has 2 fully saturated rings. The highest BCUT2D eigenvalue weighted by molar-refractivity contribution is 5.89. The molecule has 2 heterocycles. The van der Waals surface area contributed by atoms with Crippen molar-refractivity contribution in [1.82, 2.24) is 9.80 Å². The number of hydrogen-bond acceptors (Lipinski definition) is 5. The molecule has 0 saturated carbocycles. The molecule has 3 rings (SSSR count). The molecule has 0 spiro atoms. The smallest absolute Gasteiger partial charge is 0.157 e. The monoisotopic (exact) mass is 360 g/mol. The fourth-order valence-corrected chi connectivity index (χ4v) is 3.91. The summed E-state index contributed by atoms with van der Waals surface area (Å²) in [6.07, 6.45) is 0. The number of nitrogens with zero attached hydrogens (tertiary/aromatic N) is 2. The van der Waals surface area contributed by atoms with Crippen LogP contribution in [0.2, 0.25) is 0 Å². The second kappa shape index (κ2) is 8.61. The van der Waals surface area contributed by atoms with Crippen molar-refractivity contribution in [3.8, 4) is 0 Å². The Bertz CT molecular complexity index is 573. The van der Waals surface area contributed by atoms with Crippen LogP contribution in [-0.2, 0) is 14.3 Å². The molecule has 0 aromatic heterocycles. The number of hydrogen-bond donors (Lipinski definition) is 0. The highest BCUT2D eigenvalue weighted by Gasteiger charge is 2.42. The van der Waals surface area contributed by atoms with Gasteiger partial charge in [0, 0.05) is 31.6 Å². The summed E-state index contributed by atoms with van der Waals surface area (Å²) < 4.78 is 11.1. The molecule has 0 bridgehead atoms. The molecule has 1 aromatic rings. The molecule has 5 heteroatoms. The van der Waals surface area contributed by atoms with Gasteiger partial charge in [-0.1, -0.05) is 51.1 Å². The van der Waals surface area contributed by atoms with Crippen LogP contribution in [0.3, 0.4) is 0 Å². The van der Waals surface area contributed by atoms with Gasteiger partial charge in [0.15, 0.2) is 5.78 Å². The lowest BCUT2D eigenvalue weighted by Crippen LogP contribution is -2.57. The van der Waals surface area contributed by atoms with Gasteiger partial charge in [-0.15, -0.1) is 0 Å². The largest absolute Gasteiger partial charge is 0.379 e. The first-order valence-corrected chi connectivity index (χ1v) is 9.71. The lowest BCUT2D eigenvalue weighted by atomic mass is 9.80. The summed E-state index contributed by atoms with van der Waals surface area (Å²) in [5.41, 5.74) is 0.825. The highest BCUT2D eigenvalue weighted by Crippen LogP contribution is 2.33. The normalized spacial score (nSPS) is 22.7. The zero-order valence-corrected chi connectivity index (χ0v) is 16.3. The summed E-state index contributed by atoms with van der Waals surface area (Å²) in [4.78, 5) is 18.4. The molecule has 5 nitrogen and oxygen atoms in total. The zero-order chi connectivity index (χ0) is 18.6. The van der Waals surface area contributed by atoms with Crippen molar-refractivity contribution in [2.24, 2.45) is 5.41 Å². The number of morpholine rings is 2. The minimum atomic E-state index is -0.387. The maximum atomic E-state index is 13.6. The number of carbonyl (C=O) groups excluding carboxylic acids is 1. The Morgan fingerprint density at radius 3 is 1.88 bits per heavy atom. The summed E-state index contributed by atoms with van der Waals surface area (Å²) in [6.45, 7) is 12.3. The van der Waals surface area contributed by atoms with Crippen LogP contribution in [0, 0.1) is 5.41 Å². The van der Waals surface area contributed by atoms with E-state index < -0.39 is 0 Å². The second-order valence-corrected chi connectivity index (χ2v) is 8.21. The van der Waals surface area contributed by atoms with Gasteiger partial charge in [-0.25, -0.2) is 0 Å². The summed E-state index contributed by atoms with van der Waals surface area (Å²) in [5, 5.41) is 0. The van der Waals surface area contributed by atoms with E-state index in [2.05, 4.69) is 34.1 Å². The van der Waals surface area contributed by atoms with E-state index in [4.69, 9.17) is 9.47 Å². The highest BCUT2D eigenvalue weighted by atomic mass is 16.5. The molecule has 26 heavy (non-hydrogen) atoms. The van der Waals surface area contributed by atoms with E-state index in [0.717, 1.165) is 39.4 Å². The van der Waals surface area contributed by atoms with Gasteiger partial charge in [-0.05, 0) is 5.56 Å². The summed E-state index contributed by atoms with van der Waals surface area (Å²) >= 11 is 0. The number of ether oxygens (including phenoxy) is 2. The third-order valence-corrected chi connectivity index (χ3v) is 5.33. The first kappa shape index (κ1) is 19.5. The second-order valence-electron chi connectivity index (χ2n) is 8.21. The van der Waals surface area contributed by atoms with Gasteiger partial charge in [0.1, 0.15) is 0 Å². The Labute approximate surface area is 157 Å². The Kier molecular flexibility index (Phi) is 6.46. The van der Waals surface area contributed by atoms with Crippen LogP contribution in [0.15, 0.2) is 30.3 Å². The lowest BCUT2D eigenvalue weighted by Gasteiger charge is -2.45. The number of rotatable bonds is 5. The Hall–Kier alpha value is -1.27. The van der Waals surface area contributed by atoms with Crippen LogP contribution in [0.5, 0.6) is 0 Å². The minimum absolute atomic E-state index is 0.0462. The van der Waals surface area contributed by atoms with Crippen LogP contribution in [0.4, 0.5) is 0 Å². The van der Waals surface area contributed by atoms with E-state index in [0.29, 0.717) is 19.0 Å². The predicted molar refractivity (Wildman–Crippen MR) is 102 cm³/mol. The molecular weight excluding hydrogens is 328 g/mol. The maximum Gasteiger partial charge on any atom is 0.157 e. The molecule has 1 unspecified atom stereocenters. The quantitative estimate of drug-likeness (QED) is 0.806. The van der Waals surface area contributed by atoms with Crippen LogP contribution < -0.4 is 0 Å². The van der Waals surface area contributed by atoms with E-state index in [1.165, 1.54) is 5.56 Å². The topological polar surface area (TPSA) is 42.0 Å². The van der Waals surface area contributed by atoms with E-state index in [1.54, 1.807) is 0 Å². The molecule has 2 atom stereocenters. The summed E-state index contributed by atoms with van der Waals surface area (Å²) in [6, 6.07) is 10.4. The molecule has 2 aliphatic rings. The number of benzene rings is 1. The van der Waals surface area contributed by atoms with Crippen molar-refractivity contribution in [2.45, 2.75) is 32.9 Å². The lowest BCUT2D eigenvalue weighted by molar-refractivity contribution is -0.138. The van der Waals surface area contributed by atoms with Crippen molar-refractivity contribution in [2.75, 3.05) is 52.6 Å². The molecule has 0 N–H and O–H groups in total. The number of Topliss-reactive ketones (excluding diaryl/α,β-unsaturated/α-hetero) is 1. The van der Waals surface area contributed by atoms with Gasteiger partial charge >= 0.3 is 0 Å². The van der Waals surface area contributed by atoms with Crippen molar-refractivity contribution in [3.63, 3.8) is 0 Å². The molecule has 2 aliphatic heterocycles. The van der Waals surface area contributed by atoms with Crippen LogP contribution in [-0.4, -0.2) is 74.2 Å². The van der Waals surface area contributed by atoms with E-state index in [-0.39, 0.29) is 17.5 Å². The minimum Gasteiger partial charge on any atom is -0.379 e. The standard InChI is InChI=1S/C21H32N2O3/c1-21(2,3)20(24)19(23-11-15-26-16-12-23)18(17-7-5-4-6-8-17)22-9-13-25-14-10-22/h4-8,18-19H,9-16H2,1-3H3/t18?,19-/m0/s1. The van der Waals surface area contributed by atoms with Crippen molar-refractivity contribution >= 4 is 5.78 Å². The fraction of sp³-hybridized carbons (Fsp3) is 0.667. The SMILES string of the molecule is CC(C)(C)C(=O)[C@H](C(c1ccccc1)N1CCOCC1)N1CCOCC1. The summed E-state index contributed by atoms with van der Waals surface area (Å²) in [5.74, 6) is 0.305.